The van der Waals surface area contributed by atoms with E-state index in [0.29, 0.717) is 28.0 Å². The standard InChI is InChI=1S/C24H19F2N3O2/c1-15(28(2)23(30)16-7-9-17(25)10-8-16)22-27-21-6-4-3-5-20(21)24(31)29(22)19-13-11-18(26)12-14-19/h3-15H,1-2H3. The molecular formula is C24H19F2N3O2. The van der Waals surface area contributed by atoms with E-state index < -0.39 is 17.7 Å². The Hall–Kier alpha value is -3.87. The van der Waals surface area contributed by atoms with Crippen LogP contribution in [0.25, 0.3) is 16.6 Å². The Balaban J connectivity index is 1.86. The van der Waals surface area contributed by atoms with Gasteiger partial charge in [0.1, 0.15) is 17.5 Å². The number of hydrogen-bond donors (Lipinski definition) is 0. The van der Waals surface area contributed by atoms with Gasteiger partial charge in [-0.2, -0.15) is 0 Å². The second-order valence-corrected chi connectivity index (χ2v) is 7.20. The van der Waals surface area contributed by atoms with Crippen LogP contribution in [0.15, 0.2) is 77.6 Å². The summed E-state index contributed by atoms with van der Waals surface area (Å²) in [5, 5.41) is 0.412. The average molecular weight is 419 g/mol. The largest absolute Gasteiger partial charge is 0.332 e. The quantitative estimate of drug-likeness (QED) is 0.490. The van der Waals surface area contributed by atoms with Crippen molar-refractivity contribution in [3.05, 3.63) is 106 Å². The maximum atomic E-state index is 13.5. The maximum absolute atomic E-state index is 13.5. The van der Waals surface area contributed by atoms with Crippen molar-refractivity contribution < 1.29 is 13.6 Å². The molecule has 0 aliphatic rings. The Kier molecular flexibility index (Phi) is 5.33. The van der Waals surface area contributed by atoms with Crippen LogP contribution < -0.4 is 5.56 Å². The molecule has 4 rings (SSSR count). The second kappa shape index (κ2) is 8.10. The van der Waals surface area contributed by atoms with Crippen LogP contribution in [0.4, 0.5) is 8.78 Å². The van der Waals surface area contributed by atoms with Gasteiger partial charge in [0.25, 0.3) is 11.5 Å². The van der Waals surface area contributed by atoms with E-state index in [2.05, 4.69) is 4.98 Å². The molecule has 0 spiro atoms. The van der Waals surface area contributed by atoms with E-state index in [0.717, 1.165) is 0 Å². The number of aromatic nitrogens is 2. The number of carbonyl (C=O) groups is 1. The molecule has 7 heteroatoms. The van der Waals surface area contributed by atoms with Crippen LogP contribution in [0.5, 0.6) is 0 Å². The number of para-hydroxylation sites is 1. The molecule has 0 bridgehead atoms. The van der Waals surface area contributed by atoms with Crippen molar-refractivity contribution in [2.45, 2.75) is 13.0 Å². The zero-order valence-electron chi connectivity index (χ0n) is 16.9. The smallest absolute Gasteiger partial charge is 0.266 e. The molecule has 1 amide bonds. The van der Waals surface area contributed by atoms with Crippen LogP contribution in [0.2, 0.25) is 0 Å². The molecule has 0 N–H and O–H groups in total. The minimum Gasteiger partial charge on any atom is -0.332 e. The zero-order valence-corrected chi connectivity index (χ0v) is 16.9. The minimum atomic E-state index is -0.611. The molecule has 3 aromatic carbocycles. The predicted octanol–water partition coefficient (Wildman–Crippen LogP) is 4.50. The van der Waals surface area contributed by atoms with Crippen molar-refractivity contribution in [3.8, 4) is 5.69 Å². The first-order valence-electron chi connectivity index (χ1n) is 9.67. The molecule has 1 aromatic heterocycles. The van der Waals surface area contributed by atoms with Gasteiger partial charge >= 0.3 is 0 Å². The molecule has 5 nitrogen and oxygen atoms in total. The predicted molar refractivity (Wildman–Crippen MR) is 114 cm³/mol. The molecule has 1 atom stereocenters. The fraction of sp³-hybridized carbons (Fsp3) is 0.125. The highest BCUT2D eigenvalue weighted by molar-refractivity contribution is 5.94. The number of halogens is 2. The van der Waals surface area contributed by atoms with Gasteiger partial charge in [-0.15, -0.1) is 0 Å². The van der Waals surface area contributed by atoms with Gasteiger partial charge in [0.2, 0.25) is 0 Å². The molecule has 156 valence electrons. The van der Waals surface area contributed by atoms with Gasteiger partial charge < -0.3 is 4.90 Å². The summed E-state index contributed by atoms with van der Waals surface area (Å²) in [6, 6.07) is 17.1. The number of nitrogens with zero attached hydrogens (tertiary/aromatic N) is 3. The highest BCUT2D eigenvalue weighted by atomic mass is 19.1. The molecule has 0 saturated heterocycles. The number of rotatable bonds is 4. The van der Waals surface area contributed by atoms with Crippen LogP contribution in [-0.2, 0) is 0 Å². The van der Waals surface area contributed by atoms with E-state index in [-0.39, 0.29) is 11.5 Å². The van der Waals surface area contributed by atoms with Gasteiger partial charge in [-0.05, 0) is 67.6 Å². The number of fused-ring (bicyclic) bond motifs is 1. The fourth-order valence-electron chi connectivity index (χ4n) is 3.42. The Morgan fingerprint density at radius 1 is 0.935 bits per heavy atom. The lowest BCUT2D eigenvalue weighted by Gasteiger charge is -2.27. The van der Waals surface area contributed by atoms with E-state index in [1.807, 2.05) is 0 Å². The molecule has 0 saturated carbocycles. The van der Waals surface area contributed by atoms with E-state index in [1.165, 1.54) is 58.0 Å². The summed E-state index contributed by atoms with van der Waals surface area (Å²) >= 11 is 0. The van der Waals surface area contributed by atoms with Crippen molar-refractivity contribution in [2.24, 2.45) is 0 Å². The average Bonchev–Trinajstić information content (AvgIpc) is 2.79. The first-order valence-corrected chi connectivity index (χ1v) is 9.67. The summed E-state index contributed by atoms with van der Waals surface area (Å²) in [5.74, 6) is -0.883. The Bertz CT molecular complexity index is 1320. The number of carbonyl (C=O) groups excluding carboxylic acids is 1. The summed E-state index contributed by atoms with van der Waals surface area (Å²) in [4.78, 5) is 32.4. The van der Waals surface area contributed by atoms with Gasteiger partial charge in [-0.1, -0.05) is 12.1 Å². The number of benzene rings is 3. The summed E-state index contributed by atoms with van der Waals surface area (Å²) in [7, 11) is 1.59. The van der Waals surface area contributed by atoms with E-state index in [4.69, 9.17) is 0 Å². The van der Waals surface area contributed by atoms with Crippen molar-refractivity contribution in [2.75, 3.05) is 7.05 Å². The lowest BCUT2D eigenvalue weighted by Crippen LogP contribution is -2.34. The van der Waals surface area contributed by atoms with Crippen molar-refractivity contribution in [1.29, 1.82) is 0 Å². The zero-order chi connectivity index (χ0) is 22.1. The van der Waals surface area contributed by atoms with Gasteiger partial charge in [-0.25, -0.2) is 13.8 Å². The van der Waals surface area contributed by atoms with Gasteiger partial charge in [0.15, 0.2) is 0 Å². The third-order valence-corrected chi connectivity index (χ3v) is 5.25. The molecule has 0 radical (unpaired) electrons. The van der Waals surface area contributed by atoms with Crippen LogP contribution in [-0.4, -0.2) is 27.4 Å². The number of hydrogen-bond acceptors (Lipinski definition) is 3. The fourth-order valence-corrected chi connectivity index (χ4v) is 3.42. The molecule has 1 heterocycles. The monoisotopic (exact) mass is 419 g/mol. The van der Waals surface area contributed by atoms with E-state index >= 15 is 0 Å². The third-order valence-electron chi connectivity index (χ3n) is 5.25. The summed E-state index contributed by atoms with van der Waals surface area (Å²) in [6.07, 6.45) is 0. The molecule has 4 aromatic rings. The van der Waals surface area contributed by atoms with E-state index in [1.54, 1.807) is 38.2 Å². The van der Waals surface area contributed by atoms with Crippen molar-refractivity contribution in [3.63, 3.8) is 0 Å². The van der Waals surface area contributed by atoms with E-state index in [9.17, 15) is 18.4 Å². The Morgan fingerprint density at radius 2 is 1.52 bits per heavy atom. The van der Waals surface area contributed by atoms with Crippen LogP contribution >= 0.6 is 0 Å². The van der Waals surface area contributed by atoms with Gasteiger partial charge in [0.05, 0.1) is 22.6 Å². The van der Waals surface area contributed by atoms with Gasteiger partial charge in [-0.3, -0.25) is 14.2 Å². The first-order chi connectivity index (χ1) is 14.9. The molecule has 31 heavy (non-hydrogen) atoms. The summed E-state index contributed by atoms with van der Waals surface area (Å²) in [5.41, 5.74) is 0.929. The topological polar surface area (TPSA) is 55.2 Å². The van der Waals surface area contributed by atoms with Crippen LogP contribution in [0, 0.1) is 11.6 Å². The highest BCUT2D eigenvalue weighted by Crippen LogP contribution is 2.23. The maximum Gasteiger partial charge on any atom is 0.266 e. The molecular weight excluding hydrogens is 400 g/mol. The summed E-state index contributed by atoms with van der Waals surface area (Å²) in [6.45, 7) is 1.75. The number of amides is 1. The summed E-state index contributed by atoms with van der Waals surface area (Å²) < 4.78 is 28.1. The van der Waals surface area contributed by atoms with Crippen molar-refractivity contribution in [1.82, 2.24) is 14.5 Å². The molecule has 0 aliphatic heterocycles. The first kappa shape index (κ1) is 20.4. The van der Waals surface area contributed by atoms with Crippen molar-refractivity contribution >= 4 is 16.8 Å². The highest BCUT2D eigenvalue weighted by Gasteiger charge is 2.25. The molecule has 0 aliphatic carbocycles. The Labute approximate surface area is 177 Å². The Morgan fingerprint density at radius 3 is 2.16 bits per heavy atom. The van der Waals surface area contributed by atoms with Crippen LogP contribution in [0.3, 0.4) is 0 Å². The third kappa shape index (κ3) is 3.82. The normalized spacial score (nSPS) is 12.0. The second-order valence-electron chi connectivity index (χ2n) is 7.20. The lowest BCUT2D eigenvalue weighted by atomic mass is 10.1. The molecule has 1 unspecified atom stereocenters. The van der Waals surface area contributed by atoms with Crippen LogP contribution in [0.1, 0.15) is 29.1 Å². The molecule has 0 fully saturated rings. The lowest BCUT2D eigenvalue weighted by molar-refractivity contribution is 0.0735. The SMILES string of the molecule is CC(c1nc2ccccc2c(=O)n1-c1ccc(F)cc1)N(C)C(=O)c1ccc(F)cc1. The minimum absolute atomic E-state index is 0.312. The van der Waals surface area contributed by atoms with Gasteiger partial charge in [0, 0.05) is 12.6 Å².